The van der Waals surface area contributed by atoms with E-state index in [-0.39, 0.29) is 18.5 Å². The Balaban J connectivity index is 1.11. The van der Waals surface area contributed by atoms with Crippen molar-refractivity contribution < 1.29 is 4.42 Å². The number of benzene rings is 8. The Morgan fingerprint density at radius 2 is 0.895 bits per heavy atom. The average Bonchev–Trinajstić information content (AvgIpc) is 3.94. The van der Waals surface area contributed by atoms with Crippen molar-refractivity contribution in [3.63, 3.8) is 0 Å². The summed E-state index contributed by atoms with van der Waals surface area (Å²) in [5.74, 6) is 0. The largest absolute Gasteiger partial charge is 0.454 e. The third-order valence-electron chi connectivity index (χ3n) is 11.8. The molecule has 0 bridgehead atoms. The van der Waals surface area contributed by atoms with Crippen LogP contribution in [-0.4, -0.2) is 9.13 Å². The van der Waals surface area contributed by atoms with E-state index < -0.39 is 0 Å². The monoisotopic (exact) mass is 735 g/mol. The minimum atomic E-state index is -0.145. The summed E-state index contributed by atoms with van der Waals surface area (Å²) in [6.07, 6.45) is -0.279. The fourth-order valence-corrected chi connectivity index (χ4v) is 9.22. The summed E-state index contributed by atoms with van der Waals surface area (Å²) in [5, 5.41) is 18.6. The normalized spacial score (nSPS) is 17.4. The van der Waals surface area contributed by atoms with Gasteiger partial charge in [0.25, 0.3) is 0 Å². The molecule has 2 unspecified atom stereocenters. The number of hydrogen-bond acceptors (Lipinski definition) is 4. The molecule has 6 nitrogen and oxygen atoms in total. The van der Waals surface area contributed by atoms with E-state index >= 15 is 0 Å². The number of hydrogen-bond donors (Lipinski definition) is 3. The van der Waals surface area contributed by atoms with Gasteiger partial charge in [0.2, 0.25) is 0 Å². The Kier molecular flexibility index (Phi) is 7.25. The van der Waals surface area contributed by atoms with Crippen LogP contribution < -0.4 is 16.0 Å². The molecule has 1 fully saturated rings. The van der Waals surface area contributed by atoms with Crippen LogP contribution in [0.3, 0.4) is 0 Å². The van der Waals surface area contributed by atoms with Crippen molar-refractivity contribution in [3.8, 4) is 11.4 Å². The summed E-state index contributed by atoms with van der Waals surface area (Å²) in [7, 11) is 0. The van der Waals surface area contributed by atoms with Gasteiger partial charge in [0.05, 0.1) is 40.6 Å². The first kappa shape index (κ1) is 32.3. The molecule has 1 saturated heterocycles. The van der Waals surface area contributed by atoms with Gasteiger partial charge in [0.15, 0.2) is 5.58 Å². The Morgan fingerprint density at radius 1 is 0.351 bits per heavy atom. The molecule has 3 N–H and O–H groups in total. The van der Waals surface area contributed by atoms with Crippen molar-refractivity contribution in [1.82, 2.24) is 25.1 Å². The van der Waals surface area contributed by atoms with Crippen molar-refractivity contribution in [2.45, 2.75) is 18.5 Å². The van der Waals surface area contributed by atoms with Gasteiger partial charge in [-0.3, -0.25) is 16.0 Å². The fourth-order valence-electron chi connectivity index (χ4n) is 9.22. The molecule has 1 aliphatic heterocycles. The summed E-state index contributed by atoms with van der Waals surface area (Å²) < 4.78 is 11.6. The molecule has 0 saturated carbocycles. The molecule has 0 amide bonds. The summed E-state index contributed by atoms with van der Waals surface area (Å²) in [6, 6.07) is 67.3. The first-order chi connectivity index (χ1) is 28.3. The van der Waals surface area contributed by atoms with Gasteiger partial charge in [-0.2, -0.15) is 0 Å². The summed E-state index contributed by atoms with van der Waals surface area (Å²) >= 11 is 0. The maximum Gasteiger partial charge on any atom is 0.160 e. The molecule has 4 heterocycles. The Hall–Kier alpha value is -6.96. The highest BCUT2D eigenvalue weighted by molar-refractivity contribution is 6.24. The first-order valence-electron chi connectivity index (χ1n) is 19.6. The number of aromatic nitrogens is 2. The van der Waals surface area contributed by atoms with Gasteiger partial charge in [-0.1, -0.05) is 133 Å². The Bertz CT molecular complexity index is 3240. The van der Waals surface area contributed by atoms with Crippen LogP contribution in [-0.2, 0) is 0 Å². The average molecular weight is 736 g/mol. The van der Waals surface area contributed by atoms with Crippen LogP contribution in [0.5, 0.6) is 0 Å². The summed E-state index contributed by atoms with van der Waals surface area (Å²) in [5.41, 5.74) is 12.0. The molecule has 0 aliphatic carbocycles. The molecule has 1 aliphatic rings. The molecular weight excluding hydrogens is 699 g/mol. The molecule has 6 heteroatoms. The van der Waals surface area contributed by atoms with Gasteiger partial charge in [-0.25, -0.2) is 0 Å². The quantitative estimate of drug-likeness (QED) is 0.165. The molecule has 12 rings (SSSR count). The number of nitrogens with one attached hydrogen (secondary N) is 3. The third-order valence-corrected chi connectivity index (χ3v) is 11.8. The van der Waals surface area contributed by atoms with E-state index in [4.69, 9.17) is 4.42 Å². The molecular formula is C51H37N5O. The number of fused-ring (bicyclic) bond motifs is 10. The van der Waals surface area contributed by atoms with Gasteiger partial charge >= 0.3 is 0 Å². The van der Waals surface area contributed by atoms with E-state index in [1.165, 1.54) is 32.8 Å². The highest BCUT2D eigenvalue weighted by Crippen LogP contribution is 2.43. The van der Waals surface area contributed by atoms with Crippen molar-refractivity contribution in [1.29, 1.82) is 0 Å². The lowest BCUT2D eigenvalue weighted by Crippen LogP contribution is -2.54. The van der Waals surface area contributed by atoms with Crippen molar-refractivity contribution >= 4 is 65.6 Å². The van der Waals surface area contributed by atoms with Crippen LogP contribution in [0, 0.1) is 0 Å². The molecule has 0 spiro atoms. The predicted molar refractivity (Wildman–Crippen MR) is 233 cm³/mol. The topological polar surface area (TPSA) is 59.1 Å². The lowest BCUT2D eigenvalue weighted by atomic mass is 10.0. The Labute approximate surface area is 328 Å². The minimum Gasteiger partial charge on any atom is -0.454 e. The van der Waals surface area contributed by atoms with Gasteiger partial charge in [0.1, 0.15) is 5.58 Å². The lowest BCUT2D eigenvalue weighted by Gasteiger charge is -2.39. The number of furan rings is 1. The van der Waals surface area contributed by atoms with Gasteiger partial charge in [0, 0.05) is 43.7 Å². The Morgan fingerprint density at radius 3 is 1.63 bits per heavy atom. The van der Waals surface area contributed by atoms with Crippen LogP contribution in [0.2, 0.25) is 0 Å². The van der Waals surface area contributed by atoms with E-state index in [0.29, 0.717) is 0 Å². The zero-order valence-electron chi connectivity index (χ0n) is 30.9. The lowest BCUT2D eigenvalue weighted by molar-refractivity contribution is 0.203. The second kappa shape index (κ2) is 12.8. The zero-order valence-corrected chi connectivity index (χ0v) is 30.9. The van der Waals surface area contributed by atoms with E-state index in [2.05, 4.69) is 207 Å². The molecule has 3 aromatic heterocycles. The van der Waals surface area contributed by atoms with Gasteiger partial charge in [-0.05, 0) is 71.3 Å². The maximum atomic E-state index is 6.81. The molecule has 0 radical (unpaired) electrons. The van der Waals surface area contributed by atoms with E-state index in [1.807, 2.05) is 6.07 Å². The SMILES string of the molecule is c1ccc(C2NC(c3ccccc3)NC(c3cccc(-n4c5cc6c(cc5c5ccc7c8ccccc8oc7c54)c4ccccc4n6-c4ccccc4)c3)N2)cc1. The smallest absolute Gasteiger partial charge is 0.160 e. The van der Waals surface area contributed by atoms with Crippen LogP contribution in [0.15, 0.2) is 192 Å². The number of nitrogens with zero attached hydrogens (tertiary/aromatic N) is 2. The van der Waals surface area contributed by atoms with E-state index in [9.17, 15) is 0 Å². The number of rotatable bonds is 5. The van der Waals surface area contributed by atoms with Crippen molar-refractivity contribution in [3.05, 3.63) is 205 Å². The third kappa shape index (κ3) is 5.09. The molecule has 272 valence electrons. The molecule has 57 heavy (non-hydrogen) atoms. The maximum absolute atomic E-state index is 6.81. The second-order valence-corrected chi connectivity index (χ2v) is 15.1. The standard InChI is InChI=1S/C51H37N5O/c1-4-15-32(16-5-1)49-52-50(33-17-6-2-7-18-33)54-51(53-49)34-19-14-22-36(29-34)56-45-31-44-41(37-23-10-12-25-43(37)55(44)35-20-8-3-9-21-35)30-42(45)39-27-28-40-38-24-11-13-26-46(38)57-48(40)47(39)56/h1-31,49-54H. The van der Waals surface area contributed by atoms with Gasteiger partial charge < -0.3 is 13.6 Å². The molecule has 2 atom stereocenters. The van der Waals surface area contributed by atoms with Crippen LogP contribution in [0.4, 0.5) is 0 Å². The van der Waals surface area contributed by atoms with Crippen LogP contribution >= 0.6 is 0 Å². The van der Waals surface area contributed by atoms with Crippen LogP contribution in [0.1, 0.15) is 35.2 Å². The van der Waals surface area contributed by atoms with Gasteiger partial charge in [-0.15, -0.1) is 0 Å². The van der Waals surface area contributed by atoms with E-state index in [1.54, 1.807) is 0 Å². The highest BCUT2D eigenvalue weighted by atomic mass is 16.3. The van der Waals surface area contributed by atoms with Crippen molar-refractivity contribution in [2.24, 2.45) is 0 Å². The van der Waals surface area contributed by atoms with Crippen LogP contribution in [0.25, 0.3) is 76.9 Å². The molecule has 8 aromatic carbocycles. The summed E-state index contributed by atoms with van der Waals surface area (Å²) in [4.78, 5) is 0. The summed E-state index contributed by atoms with van der Waals surface area (Å²) in [6.45, 7) is 0. The predicted octanol–water partition coefficient (Wildman–Crippen LogP) is 12.0. The highest BCUT2D eigenvalue weighted by Gasteiger charge is 2.30. The fraction of sp³-hybridized carbons (Fsp3) is 0.0588. The van der Waals surface area contributed by atoms with Crippen molar-refractivity contribution in [2.75, 3.05) is 0 Å². The number of para-hydroxylation sites is 3. The molecule has 11 aromatic rings. The van der Waals surface area contributed by atoms with E-state index in [0.717, 1.165) is 60.8 Å². The second-order valence-electron chi connectivity index (χ2n) is 15.1. The zero-order chi connectivity index (χ0) is 37.5. The first-order valence-corrected chi connectivity index (χ1v) is 19.6. The minimum absolute atomic E-state index is 0.0667.